The van der Waals surface area contributed by atoms with Crippen molar-refractivity contribution in [3.8, 4) is 0 Å². The molecule has 0 aromatic carbocycles. The fraction of sp³-hybridized carbons (Fsp3) is 0.889. The Kier molecular flexibility index (Phi) is 2.42. The average molecular weight is 185 g/mol. The smallest absolute Gasteiger partial charge is 0.135 e. The molecule has 0 spiro atoms. The largest absolute Gasteiger partial charge is 0.300 e. The van der Waals surface area contributed by atoms with Gasteiger partial charge in [0.25, 0.3) is 0 Å². The first kappa shape index (κ1) is 8.57. The van der Waals surface area contributed by atoms with Crippen molar-refractivity contribution in [2.45, 2.75) is 30.6 Å². The third kappa shape index (κ3) is 1.52. The van der Waals surface area contributed by atoms with Gasteiger partial charge in [-0.05, 0) is 12.7 Å². The highest BCUT2D eigenvalue weighted by Crippen LogP contribution is 2.30. The van der Waals surface area contributed by atoms with Gasteiger partial charge in [-0.25, -0.2) is 0 Å². The first-order valence-electron chi connectivity index (χ1n) is 4.58. The number of piperidine rings is 1. The maximum Gasteiger partial charge on any atom is 0.135 e. The van der Waals surface area contributed by atoms with Gasteiger partial charge in [-0.2, -0.15) is 11.8 Å². The van der Waals surface area contributed by atoms with Crippen LogP contribution in [-0.4, -0.2) is 41.3 Å². The monoisotopic (exact) mass is 185 g/mol. The van der Waals surface area contributed by atoms with Crippen LogP contribution in [0.1, 0.15) is 19.3 Å². The molecule has 0 amide bonds. The van der Waals surface area contributed by atoms with Gasteiger partial charge >= 0.3 is 0 Å². The summed E-state index contributed by atoms with van der Waals surface area (Å²) in [4.78, 5) is 13.7. The zero-order valence-electron chi connectivity index (χ0n) is 7.45. The fourth-order valence-electron chi connectivity index (χ4n) is 2.23. The van der Waals surface area contributed by atoms with E-state index in [2.05, 4.69) is 11.2 Å². The van der Waals surface area contributed by atoms with E-state index in [4.69, 9.17) is 0 Å². The average Bonchev–Trinajstić information content (AvgIpc) is 2.46. The van der Waals surface area contributed by atoms with Crippen LogP contribution < -0.4 is 0 Å². The second-order valence-corrected chi connectivity index (χ2v) is 4.87. The number of hydrogen-bond donors (Lipinski definition) is 0. The van der Waals surface area contributed by atoms with Gasteiger partial charge in [-0.15, -0.1) is 0 Å². The highest BCUT2D eigenvalue weighted by atomic mass is 32.2. The van der Waals surface area contributed by atoms with E-state index < -0.39 is 0 Å². The summed E-state index contributed by atoms with van der Waals surface area (Å²) in [5, 5.41) is 0.779. The zero-order chi connectivity index (χ0) is 8.55. The van der Waals surface area contributed by atoms with Crippen LogP contribution in [0.15, 0.2) is 0 Å². The molecule has 2 unspecified atom stereocenters. The van der Waals surface area contributed by atoms with Crippen LogP contribution in [0, 0.1) is 0 Å². The minimum Gasteiger partial charge on any atom is -0.300 e. The van der Waals surface area contributed by atoms with E-state index in [-0.39, 0.29) is 0 Å². The molecule has 3 heteroatoms. The molecule has 2 heterocycles. The van der Waals surface area contributed by atoms with Crippen LogP contribution in [0.3, 0.4) is 0 Å². The van der Waals surface area contributed by atoms with Gasteiger partial charge in [0.15, 0.2) is 0 Å². The number of ketones is 1. The summed E-state index contributed by atoms with van der Waals surface area (Å²) >= 11 is 1.95. The van der Waals surface area contributed by atoms with Crippen molar-refractivity contribution in [2.75, 3.05) is 19.3 Å². The summed E-state index contributed by atoms with van der Waals surface area (Å²) in [5.74, 6) is 0.470. The molecule has 0 N–H and O–H groups in total. The van der Waals surface area contributed by atoms with E-state index in [9.17, 15) is 4.79 Å². The molecule has 0 radical (unpaired) electrons. The molecule has 0 saturated carbocycles. The summed E-state index contributed by atoms with van der Waals surface area (Å²) in [6.45, 7) is 2.22. The Balaban J connectivity index is 1.97. The standard InChI is InChI=1S/C9H15NOS/c1-12-9-5-7-4-8(11)2-3-10(7)6-9/h7,9H,2-6H2,1H3. The second kappa shape index (κ2) is 3.38. The van der Waals surface area contributed by atoms with Crippen LogP contribution in [-0.2, 0) is 4.79 Å². The SMILES string of the molecule is CSC1CC2CC(=O)CCN2C1. The Morgan fingerprint density at radius 2 is 2.42 bits per heavy atom. The summed E-state index contributed by atoms with van der Waals surface area (Å²) in [6, 6.07) is 0.587. The van der Waals surface area contributed by atoms with Crippen molar-refractivity contribution < 1.29 is 4.79 Å². The molecule has 68 valence electrons. The Morgan fingerprint density at radius 1 is 1.58 bits per heavy atom. The number of hydrogen-bond acceptors (Lipinski definition) is 3. The predicted octanol–water partition coefficient (Wildman–Crippen LogP) is 1.16. The normalized spacial score (nSPS) is 36.9. The minimum absolute atomic E-state index is 0.470. The molecule has 2 rings (SSSR count). The third-order valence-electron chi connectivity index (χ3n) is 2.96. The van der Waals surface area contributed by atoms with Crippen molar-refractivity contribution in [2.24, 2.45) is 0 Å². The Hall–Kier alpha value is -0.0200. The highest BCUT2D eigenvalue weighted by molar-refractivity contribution is 7.99. The van der Waals surface area contributed by atoms with E-state index in [1.165, 1.54) is 13.0 Å². The molecule has 2 saturated heterocycles. The van der Waals surface area contributed by atoms with E-state index in [0.29, 0.717) is 11.8 Å². The van der Waals surface area contributed by atoms with Gasteiger partial charge in [0.05, 0.1) is 0 Å². The van der Waals surface area contributed by atoms with Gasteiger partial charge in [-0.3, -0.25) is 9.69 Å². The number of nitrogens with zero attached hydrogens (tertiary/aromatic N) is 1. The van der Waals surface area contributed by atoms with Crippen LogP contribution in [0.2, 0.25) is 0 Å². The quantitative estimate of drug-likeness (QED) is 0.611. The molecule has 0 aliphatic carbocycles. The molecule has 0 aromatic rings. The molecule has 0 aromatic heterocycles. The maximum atomic E-state index is 11.2. The van der Waals surface area contributed by atoms with Crippen LogP contribution >= 0.6 is 11.8 Å². The van der Waals surface area contributed by atoms with Crippen molar-refractivity contribution in [1.82, 2.24) is 4.90 Å². The summed E-state index contributed by atoms with van der Waals surface area (Å²) in [7, 11) is 0. The highest BCUT2D eigenvalue weighted by Gasteiger charge is 2.35. The van der Waals surface area contributed by atoms with Gasteiger partial charge in [0.2, 0.25) is 0 Å². The van der Waals surface area contributed by atoms with Crippen LogP contribution in [0.25, 0.3) is 0 Å². The summed E-state index contributed by atoms with van der Waals surface area (Å²) < 4.78 is 0. The Bertz CT molecular complexity index is 195. The lowest BCUT2D eigenvalue weighted by Gasteiger charge is -2.27. The van der Waals surface area contributed by atoms with E-state index in [0.717, 1.165) is 24.6 Å². The number of Topliss-reactive ketones (excluding diaryl/α,β-unsaturated/α-hetero) is 1. The molecular weight excluding hydrogens is 170 g/mol. The number of thioether (sulfide) groups is 1. The first-order valence-corrected chi connectivity index (χ1v) is 5.87. The maximum absolute atomic E-state index is 11.2. The number of rotatable bonds is 1. The lowest BCUT2D eigenvalue weighted by atomic mass is 10.0. The van der Waals surface area contributed by atoms with Crippen LogP contribution in [0.5, 0.6) is 0 Å². The van der Waals surface area contributed by atoms with Gasteiger partial charge < -0.3 is 0 Å². The fourth-order valence-corrected chi connectivity index (χ4v) is 2.98. The lowest BCUT2D eigenvalue weighted by molar-refractivity contribution is -0.122. The number of carbonyl (C=O) groups is 1. The second-order valence-electron chi connectivity index (χ2n) is 3.73. The number of fused-ring (bicyclic) bond motifs is 1. The minimum atomic E-state index is 0.470. The summed E-state index contributed by atoms with van der Waals surface area (Å²) in [5.41, 5.74) is 0. The Morgan fingerprint density at radius 3 is 3.17 bits per heavy atom. The molecule has 2 aliphatic heterocycles. The van der Waals surface area contributed by atoms with E-state index in [1.54, 1.807) is 0 Å². The number of carbonyl (C=O) groups excluding carboxylic acids is 1. The molecular formula is C9H15NOS. The van der Waals surface area contributed by atoms with Gasteiger partial charge in [-0.1, -0.05) is 0 Å². The van der Waals surface area contributed by atoms with Crippen molar-refractivity contribution in [3.63, 3.8) is 0 Å². The third-order valence-corrected chi connectivity index (χ3v) is 3.97. The van der Waals surface area contributed by atoms with Crippen molar-refractivity contribution in [1.29, 1.82) is 0 Å². The van der Waals surface area contributed by atoms with E-state index >= 15 is 0 Å². The molecule has 12 heavy (non-hydrogen) atoms. The lowest BCUT2D eigenvalue weighted by Crippen LogP contribution is -2.38. The Labute approximate surface area is 77.7 Å². The molecule has 2 nitrogen and oxygen atoms in total. The zero-order valence-corrected chi connectivity index (χ0v) is 8.27. The van der Waals surface area contributed by atoms with Crippen LogP contribution in [0.4, 0.5) is 0 Å². The summed E-state index contributed by atoms with van der Waals surface area (Å²) in [6.07, 6.45) is 5.01. The topological polar surface area (TPSA) is 20.3 Å². The predicted molar refractivity (Wildman–Crippen MR) is 51.5 cm³/mol. The van der Waals surface area contributed by atoms with Crippen molar-refractivity contribution in [3.05, 3.63) is 0 Å². The van der Waals surface area contributed by atoms with E-state index in [1.807, 2.05) is 11.8 Å². The van der Waals surface area contributed by atoms with Crippen molar-refractivity contribution >= 4 is 17.5 Å². The molecule has 2 aliphatic rings. The first-order chi connectivity index (χ1) is 5.79. The molecule has 2 fully saturated rings. The molecule has 2 atom stereocenters. The molecule has 0 bridgehead atoms. The van der Waals surface area contributed by atoms with Gasteiger partial charge in [0.1, 0.15) is 5.78 Å². The van der Waals surface area contributed by atoms with Gasteiger partial charge in [0, 0.05) is 37.2 Å².